The Morgan fingerprint density at radius 1 is 1.12 bits per heavy atom. The van der Waals surface area contributed by atoms with Gasteiger partial charge in [0.1, 0.15) is 5.75 Å². The van der Waals surface area contributed by atoms with Crippen molar-refractivity contribution in [2.75, 3.05) is 6.61 Å². The number of amides is 1. The Kier molecular flexibility index (Phi) is 5.87. The number of ether oxygens (including phenoxy) is 1. The minimum absolute atomic E-state index is 0.0657. The molecule has 0 heterocycles. The van der Waals surface area contributed by atoms with Crippen LogP contribution in [0.3, 0.4) is 0 Å². The van der Waals surface area contributed by atoms with Crippen molar-refractivity contribution in [3.8, 4) is 5.75 Å². The number of nitrogens with one attached hydrogen (secondary N) is 1. The number of hydrogen-bond donors (Lipinski definition) is 1. The topological polar surface area (TPSA) is 38.3 Å². The maximum Gasteiger partial charge on any atom is 0.258 e. The van der Waals surface area contributed by atoms with Gasteiger partial charge in [-0.15, -0.1) is 0 Å². The largest absolute Gasteiger partial charge is 0.482 e. The van der Waals surface area contributed by atoms with E-state index < -0.39 is 0 Å². The van der Waals surface area contributed by atoms with Crippen LogP contribution in [-0.2, 0) is 17.6 Å². The minimum atomic E-state index is -0.184. The average Bonchev–Trinajstić information content (AvgIpc) is 2.60. The molecule has 132 valence electrons. The molecule has 0 bridgehead atoms. The highest BCUT2D eigenvalue weighted by molar-refractivity contribution is 6.35. The molecule has 0 saturated heterocycles. The normalized spacial score (nSPS) is 14.5. The standard InChI is InChI=1S/C20H21Cl2NO2/c1-13(15-7-6-14-4-2-3-5-16(14)10-15)23-20(24)12-25-19-9-8-17(21)11-18(19)22/h6-11,13H,2-5,12H2,1H3,(H,23,24)/t13-/m0/s1. The van der Waals surface area contributed by atoms with Crippen molar-refractivity contribution in [1.29, 1.82) is 0 Å². The van der Waals surface area contributed by atoms with Gasteiger partial charge in [0.15, 0.2) is 6.61 Å². The summed E-state index contributed by atoms with van der Waals surface area (Å²) in [5, 5.41) is 3.89. The van der Waals surface area contributed by atoms with Crippen LogP contribution in [-0.4, -0.2) is 12.5 Å². The maximum absolute atomic E-state index is 12.2. The van der Waals surface area contributed by atoms with Crippen LogP contribution in [0.15, 0.2) is 36.4 Å². The molecule has 0 aliphatic heterocycles. The van der Waals surface area contributed by atoms with E-state index in [9.17, 15) is 4.79 Å². The number of carbonyl (C=O) groups is 1. The number of benzene rings is 2. The van der Waals surface area contributed by atoms with E-state index in [2.05, 4.69) is 23.5 Å². The first-order valence-electron chi connectivity index (χ1n) is 8.52. The third-order valence-electron chi connectivity index (χ3n) is 4.50. The van der Waals surface area contributed by atoms with Crippen molar-refractivity contribution in [3.05, 3.63) is 63.1 Å². The number of aryl methyl sites for hydroxylation is 2. The molecular weight excluding hydrogens is 357 g/mol. The van der Waals surface area contributed by atoms with Crippen LogP contribution < -0.4 is 10.1 Å². The summed E-state index contributed by atoms with van der Waals surface area (Å²) in [5.74, 6) is 0.263. The fraction of sp³-hybridized carbons (Fsp3) is 0.350. The lowest BCUT2D eigenvalue weighted by atomic mass is 9.89. The predicted octanol–water partition coefficient (Wildman–Crippen LogP) is 5.13. The Hall–Kier alpha value is -1.71. The Balaban J connectivity index is 1.57. The van der Waals surface area contributed by atoms with E-state index in [-0.39, 0.29) is 18.6 Å². The molecule has 1 N–H and O–H groups in total. The zero-order chi connectivity index (χ0) is 17.8. The van der Waals surface area contributed by atoms with Crippen molar-refractivity contribution in [3.63, 3.8) is 0 Å². The maximum atomic E-state index is 12.2. The molecule has 1 atom stereocenters. The van der Waals surface area contributed by atoms with Gasteiger partial charge in [0.05, 0.1) is 11.1 Å². The predicted molar refractivity (Wildman–Crippen MR) is 102 cm³/mol. The summed E-state index contributed by atoms with van der Waals surface area (Å²) in [4.78, 5) is 12.2. The van der Waals surface area contributed by atoms with Gasteiger partial charge in [0.2, 0.25) is 0 Å². The van der Waals surface area contributed by atoms with Gasteiger partial charge < -0.3 is 10.1 Å². The number of carbonyl (C=O) groups excluding carboxylic acids is 1. The van der Waals surface area contributed by atoms with Crippen LogP contribution >= 0.6 is 23.2 Å². The summed E-state index contributed by atoms with van der Waals surface area (Å²) >= 11 is 11.9. The third kappa shape index (κ3) is 4.68. The molecular formula is C20H21Cl2NO2. The smallest absolute Gasteiger partial charge is 0.258 e. The minimum Gasteiger partial charge on any atom is -0.482 e. The van der Waals surface area contributed by atoms with E-state index in [0.29, 0.717) is 15.8 Å². The van der Waals surface area contributed by atoms with E-state index in [1.165, 1.54) is 24.0 Å². The molecule has 5 heteroatoms. The molecule has 0 radical (unpaired) electrons. The Bertz CT molecular complexity index is 776. The fourth-order valence-corrected chi connectivity index (χ4v) is 3.59. The van der Waals surface area contributed by atoms with E-state index in [4.69, 9.17) is 27.9 Å². The molecule has 2 aromatic rings. The van der Waals surface area contributed by atoms with Crippen LogP contribution in [0, 0.1) is 0 Å². The van der Waals surface area contributed by atoms with Crippen LogP contribution in [0.25, 0.3) is 0 Å². The fourth-order valence-electron chi connectivity index (χ4n) is 3.12. The second-order valence-corrected chi connectivity index (χ2v) is 7.23. The lowest BCUT2D eigenvalue weighted by Crippen LogP contribution is -2.31. The SMILES string of the molecule is C[C@H](NC(=O)COc1ccc(Cl)cc1Cl)c1ccc2c(c1)CCCC2. The first-order valence-corrected chi connectivity index (χ1v) is 9.27. The van der Waals surface area contributed by atoms with Crippen LogP contribution in [0.1, 0.15) is 42.5 Å². The number of fused-ring (bicyclic) bond motifs is 1. The third-order valence-corrected chi connectivity index (χ3v) is 5.03. The van der Waals surface area contributed by atoms with Crippen molar-refractivity contribution in [1.82, 2.24) is 5.32 Å². The zero-order valence-corrected chi connectivity index (χ0v) is 15.7. The summed E-state index contributed by atoms with van der Waals surface area (Å²) < 4.78 is 5.48. The molecule has 3 rings (SSSR count). The van der Waals surface area contributed by atoms with E-state index >= 15 is 0 Å². The first-order chi connectivity index (χ1) is 12.0. The molecule has 2 aromatic carbocycles. The van der Waals surface area contributed by atoms with Gasteiger partial charge in [0.25, 0.3) is 5.91 Å². The van der Waals surface area contributed by atoms with Crippen LogP contribution in [0.4, 0.5) is 0 Å². The molecule has 0 aromatic heterocycles. The molecule has 25 heavy (non-hydrogen) atoms. The van der Waals surface area contributed by atoms with Gasteiger partial charge in [-0.25, -0.2) is 0 Å². The monoisotopic (exact) mass is 377 g/mol. The van der Waals surface area contributed by atoms with E-state index in [1.807, 2.05) is 6.92 Å². The highest BCUT2D eigenvalue weighted by atomic mass is 35.5. The average molecular weight is 378 g/mol. The summed E-state index contributed by atoms with van der Waals surface area (Å²) in [6.45, 7) is 1.90. The first kappa shape index (κ1) is 18.1. The van der Waals surface area contributed by atoms with Gasteiger partial charge >= 0.3 is 0 Å². The van der Waals surface area contributed by atoms with Crippen molar-refractivity contribution in [2.24, 2.45) is 0 Å². The molecule has 1 aliphatic carbocycles. The highest BCUT2D eigenvalue weighted by Crippen LogP contribution is 2.27. The number of hydrogen-bond acceptors (Lipinski definition) is 2. The highest BCUT2D eigenvalue weighted by Gasteiger charge is 2.14. The number of rotatable bonds is 5. The summed E-state index contributed by atoms with van der Waals surface area (Å²) in [6, 6.07) is 11.4. The molecule has 0 spiro atoms. The molecule has 0 unspecified atom stereocenters. The van der Waals surface area contributed by atoms with Crippen molar-refractivity contribution < 1.29 is 9.53 Å². The molecule has 0 fully saturated rings. The van der Waals surface area contributed by atoms with Gasteiger partial charge in [-0.3, -0.25) is 4.79 Å². The molecule has 1 amide bonds. The van der Waals surface area contributed by atoms with Gasteiger partial charge in [-0.05, 0) is 67.5 Å². The molecule has 3 nitrogen and oxygen atoms in total. The second-order valence-electron chi connectivity index (χ2n) is 6.39. The molecule has 0 saturated carbocycles. The van der Waals surface area contributed by atoms with E-state index in [0.717, 1.165) is 18.4 Å². The van der Waals surface area contributed by atoms with E-state index in [1.54, 1.807) is 18.2 Å². The summed E-state index contributed by atoms with van der Waals surface area (Å²) in [6.07, 6.45) is 4.80. The number of halogens is 2. The van der Waals surface area contributed by atoms with Crippen molar-refractivity contribution in [2.45, 2.75) is 38.6 Å². The zero-order valence-electron chi connectivity index (χ0n) is 14.1. The van der Waals surface area contributed by atoms with Gasteiger partial charge in [-0.2, -0.15) is 0 Å². The second kappa shape index (κ2) is 8.11. The van der Waals surface area contributed by atoms with Gasteiger partial charge in [0, 0.05) is 5.02 Å². The van der Waals surface area contributed by atoms with Crippen LogP contribution in [0.5, 0.6) is 5.75 Å². The lowest BCUT2D eigenvalue weighted by molar-refractivity contribution is -0.123. The Labute approximate surface area is 158 Å². The van der Waals surface area contributed by atoms with Crippen molar-refractivity contribution >= 4 is 29.1 Å². The summed E-state index contributed by atoms with van der Waals surface area (Å²) in [7, 11) is 0. The Morgan fingerprint density at radius 3 is 2.64 bits per heavy atom. The van der Waals surface area contributed by atoms with Crippen LogP contribution in [0.2, 0.25) is 10.0 Å². The van der Waals surface area contributed by atoms with Gasteiger partial charge in [-0.1, -0.05) is 41.4 Å². The quantitative estimate of drug-likeness (QED) is 0.784. The lowest BCUT2D eigenvalue weighted by Gasteiger charge is -2.20. The molecule has 1 aliphatic rings. The summed E-state index contributed by atoms with van der Waals surface area (Å²) in [5.41, 5.74) is 3.97. The Morgan fingerprint density at radius 2 is 1.88 bits per heavy atom.